The first-order valence-corrected chi connectivity index (χ1v) is 6.02. The van der Waals surface area contributed by atoms with Gasteiger partial charge in [-0.1, -0.05) is 18.2 Å². The average molecular weight is 233 g/mol. The molecule has 1 aromatic carbocycles. The predicted octanol–water partition coefficient (Wildman–Crippen LogP) is 3.00. The summed E-state index contributed by atoms with van der Waals surface area (Å²) in [7, 11) is 0. The van der Waals surface area contributed by atoms with Gasteiger partial charge in [0.05, 0.1) is 11.7 Å². The van der Waals surface area contributed by atoms with Gasteiger partial charge in [0.1, 0.15) is 5.69 Å². The maximum Gasteiger partial charge on any atom is 0.165 e. The largest absolute Gasteiger partial charge is 0.381 e. The lowest BCUT2D eigenvalue weighted by atomic mass is 10.1. The number of nitrogens with two attached hydrogens (primary N) is 1. The van der Waals surface area contributed by atoms with Crippen molar-refractivity contribution in [1.29, 1.82) is 0 Å². The Balaban J connectivity index is 2.36. The molecule has 0 saturated carbocycles. The number of hydrogen-bond donors (Lipinski definition) is 1. The summed E-state index contributed by atoms with van der Waals surface area (Å²) in [6.45, 7) is 0. The highest BCUT2D eigenvalue weighted by Crippen LogP contribution is 2.33. The zero-order valence-electron chi connectivity index (χ0n) is 7.68. The molecule has 3 rings (SSSR count). The predicted molar refractivity (Wildman–Crippen MR) is 65.1 cm³/mol. The third-order valence-corrected chi connectivity index (χ3v) is 3.75. The molecule has 15 heavy (non-hydrogen) atoms. The molecule has 0 amide bonds. The fourth-order valence-electron chi connectivity index (χ4n) is 1.56. The summed E-state index contributed by atoms with van der Waals surface area (Å²) in [5.41, 5.74) is 7.65. The van der Waals surface area contributed by atoms with Crippen molar-refractivity contribution in [1.82, 2.24) is 8.75 Å². The second-order valence-corrected chi connectivity index (χ2v) is 4.59. The minimum atomic E-state index is 0.515. The Labute approximate surface area is 94.5 Å². The van der Waals surface area contributed by atoms with Gasteiger partial charge in [-0.25, -0.2) is 0 Å². The molecule has 74 valence electrons. The van der Waals surface area contributed by atoms with Crippen LogP contribution in [0.15, 0.2) is 29.6 Å². The summed E-state index contributed by atoms with van der Waals surface area (Å²) in [5.74, 6) is 0.515. The van der Waals surface area contributed by atoms with E-state index in [1.807, 2.05) is 12.1 Å². The van der Waals surface area contributed by atoms with Crippen molar-refractivity contribution in [3.63, 3.8) is 0 Å². The number of hydrogen-bond acceptors (Lipinski definition) is 5. The van der Waals surface area contributed by atoms with Crippen molar-refractivity contribution < 1.29 is 0 Å². The summed E-state index contributed by atoms with van der Waals surface area (Å²) in [6.07, 6.45) is 0. The van der Waals surface area contributed by atoms with Gasteiger partial charge in [0.25, 0.3) is 0 Å². The number of fused-ring (bicyclic) bond motifs is 1. The summed E-state index contributed by atoms with van der Waals surface area (Å²) in [4.78, 5) is 0. The Morgan fingerprint density at radius 1 is 1.13 bits per heavy atom. The molecule has 0 aliphatic carbocycles. The Kier molecular flexibility index (Phi) is 1.93. The molecule has 2 N–H and O–H groups in total. The molecule has 5 heteroatoms. The molecular weight excluding hydrogens is 226 g/mol. The van der Waals surface area contributed by atoms with Gasteiger partial charge in [-0.3, -0.25) is 0 Å². The van der Waals surface area contributed by atoms with E-state index in [4.69, 9.17) is 5.73 Å². The number of thiophene rings is 1. The van der Waals surface area contributed by atoms with Crippen LogP contribution in [0.5, 0.6) is 0 Å². The number of rotatable bonds is 1. The van der Waals surface area contributed by atoms with Gasteiger partial charge < -0.3 is 5.73 Å². The molecule has 0 unspecified atom stereocenters. The van der Waals surface area contributed by atoms with Gasteiger partial charge in [0.2, 0.25) is 0 Å². The molecule has 0 aliphatic heterocycles. The normalized spacial score (nSPS) is 10.9. The van der Waals surface area contributed by atoms with E-state index in [2.05, 4.69) is 26.3 Å². The lowest BCUT2D eigenvalue weighted by Crippen LogP contribution is -1.88. The zero-order valence-corrected chi connectivity index (χ0v) is 9.31. The minimum absolute atomic E-state index is 0.515. The molecule has 0 aliphatic rings. The first-order valence-electron chi connectivity index (χ1n) is 4.41. The number of nitrogen functional groups attached to an aromatic ring is 1. The number of aromatic nitrogens is 2. The molecule has 3 nitrogen and oxygen atoms in total. The van der Waals surface area contributed by atoms with Crippen LogP contribution in [0.25, 0.3) is 21.3 Å². The van der Waals surface area contributed by atoms with Gasteiger partial charge in [0.15, 0.2) is 5.82 Å². The van der Waals surface area contributed by atoms with Gasteiger partial charge in [0, 0.05) is 10.3 Å². The third-order valence-electron chi connectivity index (χ3n) is 2.25. The van der Waals surface area contributed by atoms with E-state index in [-0.39, 0.29) is 0 Å². The second kappa shape index (κ2) is 3.29. The van der Waals surface area contributed by atoms with Crippen LogP contribution in [-0.4, -0.2) is 8.75 Å². The van der Waals surface area contributed by atoms with Gasteiger partial charge >= 0.3 is 0 Å². The molecular formula is C10H7N3S2. The lowest BCUT2D eigenvalue weighted by Gasteiger charge is -1.99. The van der Waals surface area contributed by atoms with E-state index >= 15 is 0 Å². The standard InChI is InChI=1S/C10H7N3S2/c11-10-8(12-15-13-10)7-3-1-2-6-4-5-14-9(6)7/h1-5H,(H2,11,13). The summed E-state index contributed by atoms with van der Waals surface area (Å²) < 4.78 is 9.44. The Bertz CT molecular complexity index is 612. The number of anilines is 1. The topological polar surface area (TPSA) is 51.8 Å². The molecule has 0 spiro atoms. The molecule has 0 radical (unpaired) electrons. The van der Waals surface area contributed by atoms with E-state index < -0.39 is 0 Å². The Morgan fingerprint density at radius 3 is 2.87 bits per heavy atom. The van der Waals surface area contributed by atoms with Crippen LogP contribution >= 0.6 is 23.1 Å². The lowest BCUT2D eigenvalue weighted by molar-refractivity contribution is 1.51. The van der Waals surface area contributed by atoms with Crippen LogP contribution in [0.3, 0.4) is 0 Å². The van der Waals surface area contributed by atoms with E-state index in [0.717, 1.165) is 23.0 Å². The van der Waals surface area contributed by atoms with E-state index in [9.17, 15) is 0 Å². The Morgan fingerprint density at radius 2 is 2.07 bits per heavy atom. The molecule has 2 aromatic heterocycles. The van der Waals surface area contributed by atoms with Crippen molar-refractivity contribution in [2.45, 2.75) is 0 Å². The quantitative estimate of drug-likeness (QED) is 0.703. The van der Waals surface area contributed by atoms with Crippen LogP contribution in [-0.2, 0) is 0 Å². The molecule has 0 fully saturated rings. The minimum Gasteiger partial charge on any atom is -0.381 e. The van der Waals surface area contributed by atoms with Crippen LogP contribution in [0.2, 0.25) is 0 Å². The average Bonchev–Trinajstić information content (AvgIpc) is 2.85. The van der Waals surface area contributed by atoms with Crippen LogP contribution in [0.1, 0.15) is 0 Å². The maximum atomic E-state index is 5.77. The second-order valence-electron chi connectivity index (χ2n) is 3.14. The van der Waals surface area contributed by atoms with Crippen molar-refractivity contribution in [3.05, 3.63) is 29.6 Å². The highest BCUT2D eigenvalue weighted by molar-refractivity contribution is 7.17. The van der Waals surface area contributed by atoms with Crippen molar-refractivity contribution in [2.75, 3.05) is 5.73 Å². The maximum absolute atomic E-state index is 5.77. The fourth-order valence-corrected chi connectivity index (χ4v) is 2.97. The van der Waals surface area contributed by atoms with Crippen molar-refractivity contribution in [2.24, 2.45) is 0 Å². The van der Waals surface area contributed by atoms with Gasteiger partial charge in [-0.05, 0) is 16.8 Å². The van der Waals surface area contributed by atoms with Crippen LogP contribution in [0, 0.1) is 0 Å². The first kappa shape index (κ1) is 8.82. The molecule has 3 aromatic rings. The zero-order chi connectivity index (χ0) is 10.3. The Hall–Kier alpha value is -1.46. The van der Waals surface area contributed by atoms with E-state index in [0.29, 0.717) is 5.82 Å². The number of nitrogens with zero attached hydrogens (tertiary/aromatic N) is 2. The van der Waals surface area contributed by atoms with Crippen LogP contribution < -0.4 is 5.73 Å². The van der Waals surface area contributed by atoms with E-state index in [1.165, 1.54) is 10.1 Å². The van der Waals surface area contributed by atoms with Gasteiger partial charge in [-0.15, -0.1) is 11.3 Å². The monoisotopic (exact) mass is 233 g/mol. The SMILES string of the molecule is Nc1nsnc1-c1cccc2ccsc12. The molecule has 0 saturated heterocycles. The third kappa shape index (κ3) is 1.32. The summed E-state index contributed by atoms with van der Waals surface area (Å²) >= 11 is 2.85. The summed E-state index contributed by atoms with van der Waals surface area (Å²) in [6, 6.07) is 8.24. The van der Waals surface area contributed by atoms with E-state index in [1.54, 1.807) is 11.3 Å². The van der Waals surface area contributed by atoms with Crippen molar-refractivity contribution in [3.8, 4) is 11.3 Å². The smallest absolute Gasteiger partial charge is 0.165 e. The highest BCUT2D eigenvalue weighted by atomic mass is 32.1. The van der Waals surface area contributed by atoms with Crippen molar-refractivity contribution >= 4 is 39.0 Å². The van der Waals surface area contributed by atoms with Crippen LogP contribution in [0.4, 0.5) is 5.82 Å². The van der Waals surface area contributed by atoms with Gasteiger partial charge in [-0.2, -0.15) is 8.75 Å². The molecule has 0 bridgehead atoms. The fraction of sp³-hybridized carbons (Fsp3) is 0. The molecule has 0 atom stereocenters. The highest BCUT2D eigenvalue weighted by Gasteiger charge is 2.11. The molecule has 2 heterocycles. The first-order chi connectivity index (χ1) is 7.36. The number of benzene rings is 1. The summed E-state index contributed by atoms with van der Waals surface area (Å²) in [5, 5.41) is 3.30.